The summed E-state index contributed by atoms with van der Waals surface area (Å²) in [6.07, 6.45) is 0. The zero-order valence-corrected chi connectivity index (χ0v) is 19.8. The van der Waals surface area contributed by atoms with E-state index in [2.05, 4.69) is 26.1 Å². The fourth-order valence-electron chi connectivity index (χ4n) is 3.70. The van der Waals surface area contributed by atoms with Gasteiger partial charge < -0.3 is 5.32 Å². The minimum absolute atomic E-state index is 0.169. The van der Waals surface area contributed by atoms with E-state index in [-0.39, 0.29) is 5.91 Å². The Balaban J connectivity index is 1.37. The molecule has 166 valence electrons. The highest BCUT2D eigenvalue weighted by molar-refractivity contribution is 9.10. The first-order chi connectivity index (χ1) is 15.4. The molecule has 1 N–H and O–H groups in total. The summed E-state index contributed by atoms with van der Waals surface area (Å²) in [4.78, 5) is 15.2. The van der Waals surface area contributed by atoms with Crippen LogP contribution in [0.5, 0.6) is 0 Å². The molecule has 0 radical (unpaired) electrons. The summed E-state index contributed by atoms with van der Waals surface area (Å²) in [5, 5.41) is 2.92. The molecule has 3 aromatic carbocycles. The van der Waals surface area contributed by atoms with Gasteiger partial charge in [0.05, 0.1) is 10.6 Å². The standard InChI is InChI=1S/C24H24BrN3O3S/c25-22-11-4-5-12-23(22)26-24(29)20-8-6-7-19(17-20)18-27-13-15-28(16-14-27)32(30,31)21-9-2-1-3-10-21/h1-12,17H,13-16,18H2,(H,26,29). The van der Waals surface area contributed by atoms with Gasteiger partial charge in [0.1, 0.15) is 0 Å². The summed E-state index contributed by atoms with van der Waals surface area (Å²) >= 11 is 3.44. The maximum atomic E-state index is 12.8. The van der Waals surface area contributed by atoms with Crippen LogP contribution >= 0.6 is 15.9 Å². The van der Waals surface area contributed by atoms with Crippen LogP contribution in [0.15, 0.2) is 88.2 Å². The molecule has 4 rings (SSSR count). The van der Waals surface area contributed by atoms with Gasteiger partial charge in [0.15, 0.2) is 0 Å². The van der Waals surface area contributed by atoms with Crippen molar-refractivity contribution in [3.63, 3.8) is 0 Å². The fraction of sp³-hybridized carbons (Fsp3) is 0.208. The van der Waals surface area contributed by atoms with E-state index >= 15 is 0 Å². The molecule has 0 aromatic heterocycles. The molecule has 1 heterocycles. The number of sulfonamides is 1. The molecule has 1 aliphatic heterocycles. The van der Waals surface area contributed by atoms with Crippen molar-refractivity contribution in [1.82, 2.24) is 9.21 Å². The molecule has 3 aromatic rings. The summed E-state index contributed by atoms with van der Waals surface area (Å²) < 4.78 is 28.0. The molecule has 0 atom stereocenters. The van der Waals surface area contributed by atoms with E-state index in [1.54, 1.807) is 34.6 Å². The Hall–Kier alpha value is -2.52. The van der Waals surface area contributed by atoms with E-state index in [1.807, 2.05) is 48.5 Å². The van der Waals surface area contributed by atoms with Crippen molar-refractivity contribution in [1.29, 1.82) is 0 Å². The Kier molecular flexibility index (Phi) is 7.05. The lowest BCUT2D eigenvalue weighted by Gasteiger charge is -2.34. The lowest BCUT2D eigenvalue weighted by atomic mass is 10.1. The normalized spacial score (nSPS) is 15.4. The Morgan fingerprint density at radius 2 is 1.56 bits per heavy atom. The average Bonchev–Trinajstić information content (AvgIpc) is 2.82. The monoisotopic (exact) mass is 513 g/mol. The number of rotatable bonds is 6. The maximum Gasteiger partial charge on any atom is 0.255 e. The highest BCUT2D eigenvalue weighted by Crippen LogP contribution is 2.22. The molecule has 1 fully saturated rings. The molecule has 0 spiro atoms. The fourth-order valence-corrected chi connectivity index (χ4v) is 5.52. The quantitative estimate of drug-likeness (QED) is 0.535. The first-order valence-corrected chi connectivity index (χ1v) is 12.6. The second-order valence-corrected chi connectivity index (χ2v) is 10.4. The number of carbonyl (C=O) groups excluding carboxylic acids is 1. The Morgan fingerprint density at radius 1 is 0.875 bits per heavy atom. The number of nitrogens with one attached hydrogen (secondary N) is 1. The van der Waals surface area contributed by atoms with Gasteiger partial charge in [-0.3, -0.25) is 9.69 Å². The Morgan fingerprint density at radius 3 is 2.28 bits per heavy atom. The first kappa shape index (κ1) is 22.7. The zero-order valence-electron chi connectivity index (χ0n) is 17.4. The molecule has 32 heavy (non-hydrogen) atoms. The largest absolute Gasteiger partial charge is 0.321 e. The Labute approximate surface area is 197 Å². The summed E-state index contributed by atoms with van der Waals surface area (Å²) in [5.74, 6) is -0.169. The van der Waals surface area contributed by atoms with E-state index in [9.17, 15) is 13.2 Å². The predicted octanol–water partition coefficient (Wildman–Crippen LogP) is 4.21. The lowest BCUT2D eigenvalue weighted by Crippen LogP contribution is -2.48. The van der Waals surface area contributed by atoms with Gasteiger partial charge in [0, 0.05) is 42.8 Å². The van der Waals surface area contributed by atoms with Crippen LogP contribution in [0.2, 0.25) is 0 Å². The van der Waals surface area contributed by atoms with Crippen LogP contribution in [0.4, 0.5) is 5.69 Å². The number of halogens is 1. The van der Waals surface area contributed by atoms with Crippen molar-refractivity contribution in [2.45, 2.75) is 11.4 Å². The van der Waals surface area contributed by atoms with Crippen molar-refractivity contribution in [3.05, 3.63) is 94.5 Å². The van der Waals surface area contributed by atoms with Gasteiger partial charge in [-0.2, -0.15) is 4.31 Å². The number of carbonyl (C=O) groups is 1. The third kappa shape index (κ3) is 5.27. The molecule has 0 aliphatic carbocycles. The van der Waals surface area contributed by atoms with E-state index in [1.165, 1.54) is 0 Å². The predicted molar refractivity (Wildman–Crippen MR) is 129 cm³/mol. The Bertz CT molecular complexity index is 1190. The molecule has 1 aliphatic rings. The van der Waals surface area contributed by atoms with Crippen LogP contribution < -0.4 is 5.32 Å². The van der Waals surface area contributed by atoms with Crippen LogP contribution in [-0.2, 0) is 16.6 Å². The van der Waals surface area contributed by atoms with Gasteiger partial charge in [-0.25, -0.2) is 8.42 Å². The van der Waals surface area contributed by atoms with Crippen molar-refractivity contribution in [2.75, 3.05) is 31.5 Å². The van der Waals surface area contributed by atoms with Crippen LogP contribution in [0.3, 0.4) is 0 Å². The second-order valence-electron chi connectivity index (χ2n) is 7.63. The average molecular weight is 514 g/mol. The maximum absolute atomic E-state index is 12.8. The highest BCUT2D eigenvalue weighted by Gasteiger charge is 2.28. The topological polar surface area (TPSA) is 69.7 Å². The number of para-hydroxylation sites is 1. The van der Waals surface area contributed by atoms with E-state index < -0.39 is 10.0 Å². The van der Waals surface area contributed by atoms with E-state index in [0.717, 1.165) is 15.7 Å². The van der Waals surface area contributed by atoms with Crippen molar-refractivity contribution >= 4 is 37.5 Å². The lowest BCUT2D eigenvalue weighted by molar-refractivity contribution is 0.102. The summed E-state index contributed by atoms with van der Waals surface area (Å²) in [7, 11) is -3.46. The van der Waals surface area contributed by atoms with Crippen molar-refractivity contribution in [3.8, 4) is 0 Å². The summed E-state index contributed by atoms with van der Waals surface area (Å²) in [5.41, 5.74) is 2.33. The van der Waals surface area contributed by atoms with Gasteiger partial charge >= 0.3 is 0 Å². The third-order valence-corrected chi connectivity index (χ3v) is 8.03. The zero-order chi connectivity index (χ0) is 22.6. The molecule has 8 heteroatoms. The minimum Gasteiger partial charge on any atom is -0.321 e. The number of benzene rings is 3. The molecule has 0 unspecified atom stereocenters. The number of amides is 1. The van der Waals surface area contributed by atoms with Crippen LogP contribution in [-0.4, -0.2) is 49.7 Å². The van der Waals surface area contributed by atoms with Gasteiger partial charge in [-0.05, 0) is 57.9 Å². The number of anilines is 1. The SMILES string of the molecule is O=C(Nc1ccccc1Br)c1cccc(CN2CCN(S(=O)(=O)c3ccccc3)CC2)c1. The second kappa shape index (κ2) is 9.95. The van der Waals surface area contributed by atoms with Crippen LogP contribution in [0.1, 0.15) is 15.9 Å². The van der Waals surface area contributed by atoms with Crippen molar-refractivity contribution < 1.29 is 13.2 Å². The third-order valence-electron chi connectivity index (χ3n) is 5.43. The molecule has 1 saturated heterocycles. The van der Waals surface area contributed by atoms with Gasteiger partial charge in [0.2, 0.25) is 10.0 Å². The van der Waals surface area contributed by atoms with E-state index in [0.29, 0.717) is 43.2 Å². The van der Waals surface area contributed by atoms with E-state index in [4.69, 9.17) is 0 Å². The summed E-state index contributed by atoms with van der Waals surface area (Å²) in [6, 6.07) is 23.6. The van der Waals surface area contributed by atoms with Gasteiger partial charge in [0.25, 0.3) is 5.91 Å². The molecule has 0 bridgehead atoms. The van der Waals surface area contributed by atoms with Crippen LogP contribution in [0, 0.1) is 0 Å². The minimum atomic E-state index is -3.46. The molecular weight excluding hydrogens is 490 g/mol. The number of piperazine rings is 1. The number of hydrogen-bond acceptors (Lipinski definition) is 4. The summed E-state index contributed by atoms with van der Waals surface area (Å²) in [6.45, 7) is 2.83. The van der Waals surface area contributed by atoms with Crippen molar-refractivity contribution in [2.24, 2.45) is 0 Å². The molecule has 6 nitrogen and oxygen atoms in total. The molecular formula is C24H24BrN3O3S. The van der Waals surface area contributed by atoms with Gasteiger partial charge in [-0.15, -0.1) is 0 Å². The van der Waals surface area contributed by atoms with Gasteiger partial charge in [-0.1, -0.05) is 42.5 Å². The smallest absolute Gasteiger partial charge is 0.255 e. The molecule has 1 amide bonds. The number of hydrogen-bond donors (Lipinski definition) is 1. The van der Waals surface area contributed by atoms with Crippen LogP contribution in [0.25, 0.3) is 0 Å². The molecule has 0 saturated carbocycles. The first-order valence-electron chi connectivity index (χ1n) is 10.4. The number of nitrogens with zero attached hydrogens (tertiary/aromatic N) is 2. The highest BCUT2D eigenvalue weighted by atomic mass is 79.9.